The van der Waals surface area contributed by atoms with Crippen LogP contribution >= 0.6 is 0 Å². The Kier molecular flexibility index (Phi) is 7.22. The van der Waals surface area contributed by atoms with Crippen molar-refractivity contribution < 1.29 is 21.6 Å². The van der Waals surface area contributed by atoms with Crippen LogP contribution in [-0.2, 0) is 20.0 Å². The van der Waals surface area contributed by atoms with Gasteiger partial charge in [0.1, 0.15) is 0 Å². The third-order valence-corrected chi connectivity index (χ3v) is 4.67. The van der Waals surface area contributed by atoms with Crippen molar-refractivity contribution in [3.05, 3.63) is 0 Å². The normalized spacial score (nSPS) is 12.1. The van der Waals surface area contributed by atoms with E-state index in [0.29, 0.717) is 25.7 Å². The number of rotatable bonds is 8. The molecule has 9 heteroatoms. The Morgan fingerprint density at radius 2 is 1.17 bits per heavy atom. The smallest absolute Gasteiger partial charge is 0.247 e. The van der Waals surface area contributed by atoms with Gasteiger partial charge in [0.25, 0.3) is 0 Å². The summed E-state index contributed by atoms with van der Waals surface area (Å²) in [6.07, 6.45) is 2.14. The van der Waals surface area contributed by atoms with Crippen LogP contribution in [0.4, 0.5) is 4.79 Å². The van der Waals surface area contributed by atoms with Gasteiger partial charge in [-0.25, -0.2) is 31.1 Å². The lowest BCUT2D eigenvalue weighted by Crippen LogP contribution is -2.43. The van der Waals surface area contributed by atoms with E-state index in [1.54, 1.807) is 9.44 Å². The maximum atomic E-state index is 11.3. The summed E-state index contributed by atoms with van der Waals surface area (Å²) in [5.41, 5.74) is 0. The maximum absolute atomic E-state index is 11.3. The molecular formula is C9H20N2O5S2. The predicted molar refractivity (Wildman–Crippen MR) is 69.1 cm³/mol. The minimum absolute atomic E-state index is 0.202. The zero-order valence-corrected chi connectivity index (χ0v) is 12.2. The van der Waals surface area contributed by atoms with Gasteiger partial charge in [0.15, 0.2) is 0 Å². The molecule has 0 heterocycles. The number of hydrogen-bond acceptors (Lipinski definition) is 5. The lowest BCUT2D eigenvalue weighted by molar-refractivity contribution is 0.250. The summed E-state index contributed by atoms with van der Waals surface area (Å²) in [5, 5.41) is 0. The van der Waals surface area contributed by atoms with Gasteiger partial charge in [0.05, 0.1) is 11.5 Å². The van der Waals surface area contributed by atoms with E-state index in [9.17, 15) is 21.6 Å². The molecule has 0 radical (unpaired) electrons. The molecule has 7 nitrogen and oxygen atoms in total. The van der Waals surface area contributed by atoms with Crippen LogP contribution in [0, 0.1) is 0 Å². The summed E-state index contributed by atoms with van der Waals surface area (Å²) in [5.74, 6) is -0.405. The number of sulfonamides is 2. The van der Waals surface area contributed by atoms with Gasteiger partial charge in [-0.15, -0.1) is 0 Å². The van der Waals surface area contributed by atoms with E-state index in [1.165, 1.54) is 0 Å². The summed E-state index contributed by atoms with van der Waals surface area (Å²) in [4.78, 5) is 11.2. The average Bonchev–Trinajstić information content (AvgIpc) is 2.22. The van der Waals surface area contributed by atoms with Gasteiger partial charge in [0.2, 0.25) is 20.0 Å². The highest BCUT2D eigenvalue weighted by Crippen LogP contribution is 1.96. The Morgan fingerprint density at radius 1 is 0.833 bits per heavy atom. The summed E-state index contributed by atoms with van der Waals surface area (Å²) < 4.78 is 48.7. The molecule has 0 aliphatic rings. The summed E-state index contributed by atoms with van der Waals surface area (Å²) in [6.45, 7) is 3.62. The number of nitrogens with one attached hydrogen (secondary N) is 2. The molecule has 2 N–H and O–H groups in total. The molecule has 0 aromatic rings. The van der Waals surface area contributed by atoms with Gasteiger partial charge in [0, 0.05) is 0 Å². The van der Waals surface area contributed by atoms with Crippen molar-refractivity contribution in [2.45, 2.75) is 39.5 Å². The lowest BCUT2D eigenvalue weighted by Gasteiger charge is -2.08. The van der Waals surface area contributed by atoms with Crippen LogP contribution in [0.25, 0.3) is 0 Å². The van der Waals surface area contributed by atoms with E-state index in [4.69, 9.17) is 0 Å². The van der Waals surface area contributed by atoms with Crippen LogP contribution in [0.3, 0.4) is 0 Å². The Hall–Kier alpha value is -0.830. The van der Waals surface area contributed by atoms with E-state index in [-0.39, 0.29) is 11.5 Å². The molecule has 0 aliphatic carbocycles. The Bertz CT molecular complexity index is 413. The molecular weight excluding hydrogens is 280 g/mol. The second-order valence-corrected chi connectivity index (χ2v) is 7.56. The van der Waals surface area contributed by atoms with E-state index in [2.05, 4.69) is 0 Å². The third-order valence-electron chi connectivity index (χ3n) is 2.03. The van der Waals surface area contributed by atoms with Crippen molar-refractivity contribution in [1.29, 1.82) is 0 Å². The molecule has 0 fully saturated rings. The average molecular weight is 300 g/mol. The molecule has 0 bridgehead atoms. The molecule has 0 rings (SSSR count). The second kappa shape index (κ2) is 7.57. The minimum Gasteiger partial charge on any atom is -0.247 e. The topological polar surface area (TPSA) is 109 Å². The lowest BCUT2D eigenvalue weighted by atomic mass is 10.4. The first-order valence-electron chi connectivity index (χ1n) is 5.77. The van der Waals surface area contributed by atoms with E-state index < -0.39 is 26.1 Å². The van der Waals surface area contributed by atoms with Crippen LogP contribution in [0.5, 0.6) is 0 Å². The van der Waals surface area contributed by atoms with Crippen LogP contribution < -0.4 is 9.44 Å². The Morgan fingerprint density at radius 3 is 1.44 bits per heavy atom. The van der Waals surface area contributed by atoms with Crippen LogP contribution in [0.2, 0.25) is 0 Å². The Balaban J connectivity index is 4.35. The van der Waals surface area contributed by atoms with E-state index in [0.717, 1.165) is 0 Å². The molecule has 2 amide bonds. The van der Waals surface area contributed by atoms with Gasteiger partial charge in [-0.2, -0.15) is 0 Å². The van der Waals surface area contributed by atoms with Gasteiger partial charge in [-0.3, -0.25) is 0 Å². The van der Waals surface area contributed by atoms with Crippen LogP contribution in [0.15, 0.2) is 0 Å². The predicted octanol–water partition coefficient (Wildman–Crippen LogP) is 0.545. The van der Waals surface area contributed by atoms with Gasteiger partial charge in [-0.1, -0.05) is 26.7 Å². The van der Waals surface area contributed by atoms with Crippen molar-refractivity contribution >= 4 is 26.1 Å². The fraction of sp³-hybridized carbons (Fsp3) is 0.889. The summed E-state index contributed by atoms with van der Waals surface area (Å²) in [7, 11) is -7.52. The molecule has 18 heavy (non-hydrogen) atoms. The number of hydrogen-bond donors (Lipinski definition) is 2. The van der Waals surface area contributed by atoms with Crippen molar-refractivity contribution in [2.75, 3.05) is 11.5 Å². The molecule has 0 saturated heterocycles. The molecule has 0 unspecified atom stereocenters. The first kappa shape index (κ1) is 17.2. The first-order chi connectivity index (χ1) is 8.22. The fourth-order valence-corrected chi connectivity index (χ4v) is 3.35. The number of urea groups is 1. The van der Waals surface area contributed by atoms with E-state index >= 15 is 0 Å². The SMILES string of the molecule is CCCCS(=O)(=O)NC(=O)NS(=O)(=O)CCCC. The third kappa shape index (κ3) is 8.29. The largest absolute Gasteiger partial charge is 0.342 e. The number of amides is 2. The summed E-state index contributed by atoms with van der Waals surface area (Å²) in [6, 6.07) is -1.22. The highest BCUT2D eigenvalue weighted by Gasteiger charge is 2.18. The van der Waals surface area contributed by atoms with Crippen molar-refractivity contribution in [2.24, 2.45) is 0 Å². The molecule has 0 aliphatic heterocycles. The molecule has 108 valence electrons. The van der Waals surface area contributed by atoms with Crippen molar-refractivity contribution in [1.82, 2.24) is 9.44 Å². The minimum atomic E-state index is -3.76. The number of carbonyl (C=O) groups is 1. The maximum Gasteiger partial charge on any atom is 0.342 e. The molecule has 0 saturated carbocycles. The highest BCUT2D eigenvalue weighted by molar-refractivity contribution is 7.91. The standard InChI is InChI=1S/C9H20N2O5S2/c1-3-5-7-17(13,14)10-9(12)11-18(15,16)8-6-4-2/h3-8H2,1-2H3,(H2,10,11,12). The molecule has 0 aromatic heterocycles. The van der Waals surface area contributed by atoms with E-state index in [1.807, 2.05) is 13.8 Å². The highest BCUT2D eigenvalue weighted by atomic mass is 32.2. The molecule has 0 atom stereocenters. The first-order valence-corrected chi connectivity index (χ1v) is 9.08. The van der Waals surface area contributed by atoms with Gasteiger partial charge >= 0.3 is 6.03 Å². The van der Waals surface area contributed by atoms with Crippen LogP contribution in [0.1, 0.15) is 39.5 Å². The summed E-state index contributed by atoms with van der Waals surface area (Å²) >= 11 is 0. The molecule has 0 spiro atoms. The fourth-order valence-electron chi connectivity index (χ4n) is 1.07. The van der Waals surface area contributed by atoms with Crippen LogP contribution in [-0.4, -0.2) is 34.4 Å². The van der Waals surface area contributed by atoms with Crippen molar-refractivity contribution in [3.8, 4) is 0 Å². The zero-order chi connectivity index (χ0) is 14.2. The number of carbonyl (C=O) groups excluding carboxylic acids is 1. The quantitative estimate of drug-likeness (QED) is 0.680. The van der Waals surface area contributed by atoms with Crippen molar-refractivity contribution in [3.63, 3.8) is 0 Å². The monoisotopic (exact) mass is 300 g/mol. The number of unbranched alkanes of at least 4 members (excludes halogenated alkanes) is 2. The Labute approximate surface area is 108 Å². The van der Waals surface area contributed by atoms with Gasteiger partial charge < -0.3 is 0 Å². The zero-order valence-electron chi connectivity index (χ0n) is 10.6. The molecule has 0 aromatic carbocycles. The second-order valence-electron chi connectivity index (χ2n) is 3.88. The van der Waals surface area contributed by atoms with Gasteiger partial charge in [-0.05, 0) is 12.8 Å².